The molecule has 2 aromatic rings. The van der Waals surface area contributed by atoms with E-state index in [-0.39, 0.29) is 0 Å². The van der Waals surface area contributed by atoms with Gasteiger partial charge in [-0.25, -0.2) is 0 Å². The molecular formula is C18H20N2. The van der Waals surface area contributed by atoms with Gasteiger partial charge in [-0.1, -0.05) is 30.3 Å². The summed E-state index contributed by atoms with van der Waals surface area (Å²) in [6.45, 7) is 3.24. The Morgan fingerprint density at radius 1 is 0.850 bits per heavy atom. The van der Waals surface area contributed by atoms with Crippen molar-refractivity contribution in [2.75, 3.05) is 18.0 Å². The highest BCUT2D eigenvalue weighted by Crippen LogP contribution is 2.36. The topological polar surface area (TPSA) is 15.3 Å². The van der Waals surface area contributed by atoms with Crippen molar-refractivity contribution in [3.63, 3.8) is 0 Å². The van der Waals surface area contributed by atoms with Crippen molar-refractivity contribution in [3.8, 4) is 0 Å². The Bertz CT molecular complexity index is 633. The van der Waals surface area contributed by atoms with E-state index in [0.29, 0.717) is 0 Å². The van der Waals surface area contributed by atoms with Crippen LogP contribution in [-0.4, -0.2) is 13.1 Å². The maximum absolute atomic E-state index is 3.52. The van der Waals surface area contributed by atoms with E-state index in [0.717, 1.165) is 26.1 Å². The molecule has 0 aliphatic carbocycles. The molecule has 4 rings (SSSR count). The van der Waals surface area contributed by atoms with E-state index in [2.05, 4.69) is 52.7 Å². The quantitative estimate of drug-likeness (QED) is 0.849. The van der Waals surface area contributed by atoms with Crippen molar-refractivity contribution in [2.45, 2.75) is 25.8 Å². The van der Waals surface area contributed by atoms with Crippen LogP contribution < -0.4 is 10.2 Å². The largest absolute Gasteiger partial charge is 0.341 e. The van der Waals surface area contributed by atoms with Gasteiger partial charge >= 0.3 is 0 Å². The average Bonchev–Trinajstić information content (AvgIpc) is 2.54. The molecule has 20 heavy (non-hydrogen) atoms. The van der Waals surface area contributed by atoms with Gasteiger partial charge in [0, 0.05) is 24.5 Å². The van der Waals surface area contributed by atoms with Gasteiger partial charge in [-0.3, -0.25) is 0 Å². The zero-order chi connectivity index (χ0) is 13.4. The highest BCUT2D eigenvalue weighted by Gasteiger charge is 2.22. The molecule has 2 heteroatoms. The van der Waals surface area contributed by atoms with Crippen molar-refractivity contribution in [3.05, 3.63) is 59.2 Å². The summed E-state index contributed by atoms with van der Waals surface area (Å²) in [5.74, 6) is 0. The van der Waals surface area contributed by atoms with E-state index in [1.165, 1.54) is 40.9 Å². The van der Waals surface area contributed by atoms with E-state index < -0.39 is 0 Å². The number of nitrogens with zero attached hydrogens (tertiary/aromatic N) is 1. The smallest absolute Gasteiger partial charge is 0.0459 e. The number of rotatable bonds is 1. The van der Waals surface area contributed by atoms with Gasteiger partial charge in [0.1, 0.15) is 0 Å². The van der Waals surface area contributed by atoms with Crippen LogP contribution in [0.3, 0.4) is 0 Å². The predicted molar refractivity (Wildman–Crippen MR) is 83.6 cm³/mol. The maximum Gasteiger partial charge on any atom is 0.0459 e. The number of hydrogen-bond donors (Lipinski definition) is 1. The molecule has 0 radical (unpaired) electrons. The van der Waals surface area contributed by atoms with Crippen molar-refractivity contribution in [1.29, 1.82) is 0 Å². The molecule has 0 bridgehead atoms. The highest BCUT2D eigenvalue weighted by molar-refractivity contribution is 5.71. The number of hydrogen-bond acceptors (Lipinski definition) is 2. The molecule has 0 fully saturated rings. The first-order valence-electron chi connectivity index (χ1n) is 7.60. The second-order valence-corrected chi connectivity index (χ2v) is 5.73. The van der Waals surface area contributed by atoms with Crippen LogP contribution in [0.2, 0.25) is 0 Å². The van der Waals surface area contributed by atoms with Gasteiger partial charge in [0.25, 0.3) is 0 Å². The first-order valence-corrected chi connectivity index (χ1v) is 7.60. The summed E-state index contributed by atoms with van der Waals surface area (Å²) >= 11 is 0. The molecule has 2 nitrogen and oxygen atoms in total. The fourth-order valence-corrected chi connectivity index (χ4v) is 3.53. The van der Waals surface area contributed by atoms with Gasteiger partial charge in [0.15, 0.2) is 0 Å². The fraction of sp³-hybridized carbons (Fsp3) is 0.333. The molecule has 0 saturated carbocycles. The van der Waals surface area contributed by atoms with Gasteiger partial charge in [-0.15, -0.1) is 0 Å². The van der Waals surface area contributed by atoms with Crippen LogP contribution >= 0.6 is 0 Å². The maximum atomic E-state index is 3.52. The number of aryl methyl sites for hydroxylation is 1. The lowest BCUT2D eigenvalue weighted by molar-refractivity contribution is 0.640. The Hall–Kier alpha value is -1.80. The Labute approximate surface area is 120 Å². The second kappa shape index (κ2) is 4.95. The van der Waals surface area contributed by atoms with Crippen LogP contribution in [0.4, 0.5) is 11.4 Å². The number of benzene rings is 2. The summed E-state index contributed by atoms with van der Waals surface area (Å²) in [5, 5.41) is 3.52. The van der Waals surface area contributed by atoms with Gasteiger partial charge < -0.3 is 10.2 Å². The van der Waals surface area contributed by atoms with Gasteiger partial charge in [0.2, 0.25) is 0 Å². The molecule has 0 saturated heterocycles. The standard InChI is InChI=1S/C18H20N2/c1-2-8-17-15(5-1)7-4-12-20(17)18-9-3-6-14-10-11-19-13-16(14)18/h1-3,5-6,8-9,19H,4,7,10-13H2. The third-order valence-corrected chi connectivity index (χ3v) is 4.52. The summed E-state index contributed by atoms with van der Waals surface area (Å²) in [5.41, 5.74) is 7.31. The predicted octanol–water partition coefficient (Wildman–Crippen LogP) is 3.42. The second-order valence-electron chi connectivity index (χ2n) is 5.73. The summed E-state index contributed by atoms with van der Waals surface area (Å²) in [4.78, 5) is 2.52. The number of nitrogens with one attached hydrogen (secondary N) is 1. The fourth-order valence-electron chi connectivity index (χ4n) is 3.53. The first kappa shape index (κ1) is 12.0. The summed E-state index contributed by atoms with van der Waals surface area (Å²) in [7, 11) is 0. The van der Waals surface area contributed by atoms with Crippen molar-refractivity contribution >= 4 is 11.4 Å². The molecule has 2 aliphatic rings. The summed E-state index contributed by atoms with van der Waals surface area (Å²) in [6, 6.07) is 15.6. The molecule has 2 aliphatic heterocycles. The number of fused-ring (bicyclic) bond motifs is 2. The number of anilines is 2. The Kier molecular flexibility index (Phi) is 2.96. The minimum Gasteiger partial charge on any atom is -0.341 e. The van der Waals surface area contributed by atoms with Gasteiger partial charge in [-0.2, -0.15) is 0 Å². The first-order chi connectivity index (χ1) is 9.93. The van der Waals surface area contributed by atoms with E-state index >= 15 is 0 Å². The van der Waals surface area contributed by atoms with E-state index in [9.17, 15) is 0 Å². The van der Waals surface area contributed by atoms with Crippen LogP contribution in [-0.2, 0) is 19.4 Å². The average molecular weight is 264 g/mol. The Balaban J connectivity index is 1.83. The molecule has 2 aromatic carbocycles. The molecule has 102 valence electrons. The molecule has 1 N–H and O–H groups in total. The van der Waals surface area contributed by atoms with E-state index in [1.807, 2.05) is 0 Å². The molecule has 2 heterocycles. The molecule has 0 amide bonds. The lowest BCUT2D eigenvalue weighted by atomic mass is 9.95. The Morgan fingerprint density at radius 3 is 2.70 bits per heavy atom. The van der Waals surface area contributed by atoms with Crippen LogP contribution in [0.15, 0.2) is 42.5 Å². The number of para-hydroxylation sites is 1. The normalized spacial score (nSPS) is 17.5. The van der Waals surface area contributed by atoms with Crippen LogP contribution in [0.5, 0.6) is 0 Å². The minimum atomic E-state index is 1.00. The molecule has 0 spiro atoms. The zero-order valence-electron chi connectivity index (χ0n) is 11.7. The summed E-state index contributed by atoms with van der Waals surface area (Å²) in [6.07, 6.45) is 3.60. The van der Waals surface area contributed by atoms with E-state index in [1.54, 1.807) is 0 Å². The van der Waals surface area contributed by atoms with Crippen molar-refractivity contribution < 1.29 is 0 Å². The van der Waals surface area contributed by atoms with Crippen LogP contribution in [0, 0.1) is 0 Å². The van der Waals surface area contributed by atoms with Gasteiger partial charge in [-0.05, 0) is 54.6 Å². The molecule has 0 atom stereocenters. The van der Waals surface area contributed by atoms with Crippen LogP contribution in [0.25, 0.3) is 0 Å². The van der Waals surface area contributed by atoms with Gasteiger partial charge in [0.05, 0.1) is 0 Å². The minimum absolute atomic E-state index is 1.00. The highest BCUT2D eigenvalue weighted by atomic mass is 15.1. The third kappa shape index (κ3) is 1.92. The Morgan fingerprint density at radius 2 is 1.70 bits per heavy atom. The SMILES string of the molecule is c1ccc2c(c1)CCCN2c1cccc2c1CNCC2. The van der Waals surface area contributed by atoms with Crippen molar-refractivity contribution in [2.24, 2.45) is 0 Å². The van der Waals surface area contributed by atoms with Crippen molar-refractivity contribution in [1.82, 2.24) is 5.32 Å². The molecule has 0 unspecified atom stereocenters. The monoisotopic (exact) mass is 264 g/mol. The molecular weight excluding hydrogens is 244 g/mol. The molecule has 0 aromatic heterocycles. The lowest BCUT2D eigenvalue weighted by Crippen LogP contribution is -2.29. The van der Waals surface area contributed by atoms with E-state index in [4.69, 9.17) is 0 Å². The summed E-state index contributed by atoms with van der Waals surface area (Å²) < 4.78 is 0. The lowest BCUT2D eigenvalue weighted by Gasteiger charge is -2.34. The van der Waals surface area contributed by atoms with Crippen LogP contribution in [0.1, 0.15) is 23.1 Å². The third-order valence-electron chi connectivity index (χ3n) is 4.52. The zero-order valence-corrected chi connectivity index (χ0v) is 11.7.